The predicted octanol–water partition coefficient (Wildman–Crippen LogP) is 2.41. The Morgan fingerprint density at radius 3 is 1.07 bits per heavy atom. The zero-order valence-corrected chi connectivity index (χ0v) is 25.8. The van der Waals surface area contributed by atoms with E-state index in [1.54, 1.807) is 0 Å². The third kappa shape index (κ3) is 13.2. The highest BCUT2D eigenvalue weighted by Crippen LogP contribution is 2.24. The lowest BCUT2D eigenvalue weighted by Gasteiger charge is -2.27. The lowest BCUT2D eigenvalue weighted by Crippen LogP contribution is -2.36. The van der Waals surface area contributed by atoms with E-state index in [-0.39, 0.29) is 12.6 Å². The van der Waals surface area contributed by atoms with Gasteiger partial charge in [-0.1, -0.05) is 13.8 Å². The molecule has 0 unspecified atom stereocenters. The fourth-order valence-corrected chi connectivity index (χ4v) is 4.46. The molecule has 2 fully saturated rings. The Kier molecular flexibility index (Phi) is 15.8. The molecule has 0 N–H and O–H groups in total. The predicted molar refractivity (Wildman–Crippen MR) is 155 cm³/mol. The molecular formula is C32H50N2O9+2. The molecular weight excluding hydrogens is 556 g/mol. The maximum absolute atomic E-state index is 5.74. The van der Waals surface area contributed by atoms with Gasteiger partial charge in [-0.05, 0) is 0 Å². The highest BCUT2D eigenvalue weighted by atomic mass is 16.7. The average Bonchev–Trinajstić information content (AvgIpc) is 3.04. The lowest BCUT2D eigenvalue weighted by atomic mass is 10.2. The minimum Gasteiger partial charge on any atom is -0.377 e. The minimum atomic E-state index is -0.261. The number of hydrogen-bond acceptors (Lipinski definition) is 9. The van der Waals surface area contributed by atoms with Crippen LogP contribution in [0.3, 0.4) is 0 Å². The SMILES string of the molecule is CC1COC(c2cc[n+](CCOCCOCCOCCOCCOCC[n+]3ccc(C4OCC(C)CO4)cc3)cc2)OC1. The molecule has 0 atom stereocenters. The van der Waals surface area contributed by atoms with Gasteiger partial charge < -0.3 is 42.6 Å². The molecule has 4 rings (SSSR count). The second kappa shape index (κ2) is 20.1. The summed E-state index contributed by atoms with van der Waals surface area (Å²) in [5.41, 5.74) is 2.08. The van der Waals surface area contributed by atoms with Crippen molar-refractivity contribution in [3.63, 3.8) is 0 Å². The van der Waals surface area contributed by atoms with E-state index in [1.807, 2.05) is 49.1 Å². The van der Waals surface area contributed by atoms with E-state index >= 15 is 0 Å². The second-order valence-electron chi connectivity index (χ2n) is 11.0. The fourth-order valence-electron chi connectivity index (χ4n) is 4.46. The van der Waals surface area contributed by atoms with Crippen LogP contribution in [0.15, 0.2) is 49.1 Å². The van der Waals surface area contributed by atoms with Crippen LogP contribution in [-0.4, -0.2) is 92.5 Å². The zero-order valence-electron chi connectivity index (χ0n) is 25.8. The van der Waals surface area contributed by atoms with Crippen molar-refractivity contribution in [1.29, 1.82) is 0 Å². The normalized spacial score (nSPS) is 22.6. The molecule has 2 aliphatic heterocycles. The molecule has 2 aliphatic rings. The first-order valence-corrected chi connectivity index (χ1v) is 15.5. The molecule has 0 radical (unpaired) electrons. The Morgan fingerprint density at radius 1 is 0.488 bits per heavy atom. The summed E-state index contributed by atoms with van der Waals surface area (Å²) >= 11 is 0. The van der Waals surface area contributed by atoms with Crippen LogP contribution in [0.4, 0.5) is 0 Å². The van der Waals surface area contributed by atoms with E-state index in [0.29, 0.717) is 77.9 Å². The maximum atomic E-state index is 5.74. The Bertz CT molecular complexity index is 900. The van der Waals surface area contributed by atoms with Crippen molar-refractivity contribution in [1.82, 2.24) is 0 Å². The first kappa shape index (κ1) is 33.8. The minimum absolute atomic E-state index is 0.261. The number of ether oxygens (including phenoxy) is 9. The van der Waals surface area contributed by atoms with Crippen molar-refractivity contribution in [3.8, 4) is 0 Å². The summed E-state index contributed by atoms with van der Waals surface area (Å²) in [4.78, 5) is 0. The average molecular weight is 607 g/mol. The molecule has 0 bridgehead atoms. The summed E-state index contributed by atoms with van der Waals surface area (Å²) in [7, 11) is 0. The van der Waals surface area contributed by atoms with Crippen LogP contribution in [0.5, 0.6) is 0 Å². The Labute approximate surface area is 255 Å². The van der Waals surface area contributed by atoms with Gasteiger partial charge >= 0.3 is 0 Å². The second-order valence-corrected chi connectivity index (χ2v) is 11.0. The summed E-state index contributed by atoms with van der Waals surface area (Å²) in [5.74, 6) is 0.896. The van der Waals surface area contributed by atoms with Gasteiger partial charge in [-0.15, -0.1) is 0 Å². The fraction of sp³-hybridized carbons (Fsp3) is 0.688. The maximum Gasteiger partial charge on any atom is 0.184 e. The molecule has 0 amide bonds. The van der Waals surface area contributed by atoms with Gasteiger partial charge in [0.1, 0.15) is 13.2 Å². The molecule has 43 heavy (non-hydrogen) atoms. The highest BCUT2D eigenvalue weighted by Gasteiger charge is 2.22. The molecule has 0 aliphatic carbocycles. The smallest absolute Gasteiger partial charge is 0.184 e. The quantitative estimate of drug-likeness (QED) is 0.167. The number of rotatable bonds is 20. The third-order valence-corrected chi connectivity index (χ3v) is 6.98. The van der Waals surface area contributed by atoms with E-state index in [9.17, 15) is 0 Å². The van der Waals surface area contributed by atoms with Crippen LogP contribution in [0, 0.1) is 11.8 Å². The summed E-state index contributed by atoms with van der Waals surface area (Å²) < 4.78 is 55.2. The van der Waals surface area contributed by atoms with E-state index in [1.165, 1.54) is 0 Å². The van der Waals surface area contributed by atoms with Crippen LogP contribution in [0.25, 0.3) is 0 Å². The molecule has 11 nitrogen and oxygen atoms in total. The van der Waals surface area contributed by atoms with Gasteiger partial charge in [0.2, 0.25) is 0 Å². The van der Waals surface area contributed by atoms with Crippen LogP contribution >= 0.6 is 0 Å². The van der Waals surface area contributed by atoms with Crippen molar-refractivity contribution in [2.24, 2.45) is 11.8 Å². The Balaban J connectivity index is 0.876. The summed E-state index contributed by atoms with van der Waals surface area (Å²) in [5, 5.41) is 0. The van der Waals surface area contributed by atoms with Crippen molar-refractivity contribution in [2.75, 3.05) is 92.5 Å². The first-order chi connectivity index (χ1) is 21.2. The highest BCUT2D eigenvalue weighted by molar-refractivity contribution is 5.10. The lowest BCUT2D eigenvalue weighted by molar-refractivity contribution is -0.698. The van der Waals surface area contributed by atoms with Gasteiger partial charge in [0.05, 0.1) is 79.3 Å². The summed E-state index contributed by atoms with van der Waals surface area (Å²) in [6, 6.07) is 8.14. The van der Waals surface area contributed by atoms with Gasteiger partial charge in [0, 0.05) is 47.2 Å². The standard InChI is InChI=1S/C32H50N2O9/c1-27-23-40-31(41-24-27)29-3-7-33(8-4-29)11-13-35-15-17-37-19-21-39-22-20-38-18-16-36-14-12-34-9-5-30(6-10-34)32-42-25-28(2)26-43-32/h3-10,27-28,31-32H,11-26H2,1-2H3/q+2. The van der Waals surface area contributed by atoms with Crippen molar-refractivity contribution < 1.29 is 51.8 Å². The molecule has 0 spiro atoms. The number of nitrogens with zero attached hydrogens (tertiary/aromatic N) is 2. The zero-order chi connectivity index (χ0) is 30.0. The summed E-state index contributed by atoms with van der Waals surface area (Å²) in [6.45, 7) is 14.3. The van der Waals surface area contributed by atoms with Gasteiger partial charge in [-0.3, -0.25) is 0 Å². The molecule has 4 heterocycles. The molecule has 2 saturated heterocycles. The molecule has 240 valence electrons. The van der Waals surface area contributed by atoms with Gasteiger partial charge in [-0.2, -0.15) is 0 Å². The first-order valence-electron chi connectivity index (χ1n) is 15.5. The number of pyridine rings is 2. The Morgan fingerprint density at radius 2 is 0.767 bits per heavy atom. The van der Waals surface area contributed by atoms with Crippen molar-refractivity contribution in [3.05, 3.63) is 60.2 Å². The van der Waals surface area contributed by atoms with E-state index in [4.69, 9.17) is 42.6 Å². The molecule has 0 aromatic carbocycles. The van der Waals surface area contributed by atoms with Crippen LogP contribution in [0.1, 0.15) is 37.6 Å². The van der Waals surface area contributed by atoms with Gasteiger partial charge in [0.15, 0.2) is 50.5 Å². The number of hydrogen-bond donors (Lipinski definition) is 0. The summed E-state index contributed by atoms with van der Waals surface area (Å²) in [6.07, 6.45) is 7.58. The topological polar surface area (TPSA) is 90.8 Å². The number of aromatic nitrogens is 2. The monoisotopic (exact) mass is 606 g/mol. The van der Waals surface area contributed by atoms with E-state index < -0.39 is 0 Å². The molecule has 11 heteroatoms. The van der Waals surface area contributed by atoms with Crippen molar-refractivity contribution in [2.45, 2.75) is 39.5 Å². The van der Waals surface area contributed by atoms with Gasteiger partial charge in [0.25, 0.3) is 0 Å². The van der Waals surface area contributed by atoms with Crippen LogP contribution in [0.2, 0.25) is 0 Å². The molecule has 2 aromatic heterocycles. The molecule has 2 aromatic rings. The van der Waals surface area contributed by atoms with Crippen LogP contribution < -0.4 is 9.13 Å². The Hall–Kier alpha value is -2.06. The molecule has 0 saturated carbocycles. The largest absolute Gasteiger partial charge is 0.377 e. The van der Waals surface area contributed by atoms with Crippen LogP contribution in [-0.2, 0) is 55.7 Å². The van der Waals surface area contributed by atoms with E-state index in [0.717, 1.165) is 50.6 Å². The van der Waals surface area contributed by atoms with Crippen molar-refractivity contribution >= 4 is 0 Å². The third-order valence-electron chi connectivity index (χ3n) is 6.98. The van der Waals surface area contributed by atoms with Gasteiger partial charge in [-0.25, -0.2) is 9.13 Å². The van der Waals surface area contributed by atoms with E-state index in [2.05, 4.69) is 23.0 Å².